The number of thioether (sulfide) groups is 1. The van der Waals surface area contributed by atoms with Gasteiger partial charge < -0.3 is 14.7 Å². The Hall–Kier alpha value is -2.72. The van der Waals surface area contributed by atoms with E-state index in [4.69, 9.17) is 4.74 Å². The van der Waals surface area contributed by atoms with E-state index < -0.39 is 5.92 Å². The van der Waals surface area contributed by atoms with E-state index in [0.29, 0.717) is 34.4 Å². The van der Waals surface area contributed by atoms with Gasteiger partial charge in [0.25, 0.3) is 0 Å². The number of benzene rings is 1. The third-order valence-corrected chi connectivity index (χ3v) is 7.86. The van der Waals surface area contributed by atoms with Gasteiger partial charge in [0.2, 0.25) is 0 Å². The molecule has 0 bridgehead atoms. The molecule has 0 fully saturated rings. The summed E-state index contributed by atoms with van der Waals surface area (Å²) in [5, 5.41) is 21.9. The van der Waals surface area contributed by atoms with Gasteiger partial charge in [0.05, 0.1) is 12.0 Å². The van der Waals surface area contributed by atoms with Crippen molar-refractivity contribution >= 4 is 23.3 Å². The lowest BCUT2D eigenvalue weighted by atomic mass is 9.63. The van der Waals surface area contributed by atoms with Crippen LogP contribution in [0.2, 0.25) is 0 Å². The molecular weight excluding hydrogens is 460 g/mol. The molecule has 1 N–H and O–H groups in total. The van der Waals surface area contributed by atoms with Gasteiger partial charge in [-0.2, -0.15) is 5.26 Å². The van der Waals surface area contributed by atoms with Crippen molar-refractivity contribution in [2.75, 3.05) is 13.7 Å². The molecule has 3 aliphatic rings. The highest BCUT2D eigenvalue weighted by molar-refractivity contribution is 8.03. The van der Waals surface area contributed by atoms with Crippen LogP contribution < -0.4 is 4.74 Å². The zero-order valence-corrected chi connectivity index (χ0v) is 22.3. The fourth-order valence-electron chi connectivity index (χ4n) is 5.93. The number of aromatic hydroxyl groups is 1. The third kappa shape index (κ3) is 4.49. The Labute approximate surface area is 212 Å². The van der Waals surface area contributed by atoms with E-state index in [2.05, 4.69) is 39.5 Å². The monoisotopic (exact) mass is 494 g/mol. The summed E-state index contributed by atoms with van der Waals surface area (Å²) in [6, 6.07) is 3.45. The van der Waals surface area contributed by atoms with Crippen molar-refractivity contribution in [1.82, 2.24) is 4.90 Å². The van der Waals surface area contributed by atoms with Crippen molar-refractivity contribution in [3.8, 4) is 16.9 Å². The highest BCUT2D eigenvalue weighted by atomic mass is 32.2. The average Bonchev–Trinajstić information content (AvgIpc) is 2.74. The molecule has 0 unspecified atom stereocenters. The number of nitrogens with zero attached hydrogens (tertiary/aromatic N) is 2. The maximum atomic E-state index is 13.8. The van der Waals surface area contributed by atoms with Gasteiger partial charge in [0.1, 0.15) is 5.40 Å². The summed E-state index contributed by atoms with van der Waals surface area (Å²) < 4.78 is 5.43. The maximum Gasteiger partial charge on any atom is 0.172 e. The van der Waals surface area contributed by atoms with E-state index in [9.17, 15) is 20.0 Å². The van der Waals surface area contributed by atoms with E-state index in [1.807, 2.05) is 5.40 Å². The highest BCUT2D eigenvalue weighted by Gasteiger charge is 2.49. The molecule has 0 saturated heterocycles. The second-order valence-corrected chi connectivity index (χ2v) is 12.3. The van der Waals surface area contributed by atoms with Crippen LogP contribution in [0.1, 0.15) is 78.2 Å². The van der Waals surface area contributed by atoms with Gasteiger partial charge in [-0.05, 0) is 59.6 Å². The Balaban J connectivity index is 2.04. The molecule has 35 heavy (non-hydrogen) atoms. The van der Waals surface area contributed by atoms with Crippen molar-refractivity contribution in [2.24, 2.45) is 10.8 Å². The molecule has 0 aromatic heterocycles. The van der Waals surface area contributed by atoms with E-state index in [-0.39, 0.29) is 33.9 Å². The van der Waals surface area contributed by atoms with Gasteiger partial charge in [0, 0.05) is 47.8 Å². The smallest absolute Gasteiger partial charge is 0.172 e. The Morgan fingerprint density at radius 2 is 1.60 bits per heavy atom. The number of phenolic OH excluding ortho intramolecular Hbond substituents is 1. The molecule has 186 valence electrons. The molecule has 0 atom stereocenters. The Kier molecular flexibility index (Phi) is 6.56. The zero-order valence-electron chi connectivity index (χ0n) is 21.4. The van der Waals surface area contributed by atoms with Gasteiger partial charge in [-0.3, -0.25) is 9.59 Å². The van der Waals surface area contributed by atoms with Gasteiger partial charge in [-0.15, -0.1) is 0 Å². The number of hydrogen-bond donors (Lipinski definition) is 1. The number of carbonyl (C=O) groups excluding carboxylic acids is 2. The minimum Gasteiger partial charge on any atom is -0.503 e. The van der Waals surface area contributed by atoms with Crippen molar-refractivity contribution in [3.05, 3.63) is 40.2 Å². The number of methoxy groups -OCH3 is 1. The summed E-state index contributed by atoms with van der Waals surface area (Å²) >= 11 is 0.841. The minimum atomic E-state index is -0.534. The summed E-state index contributed by atoms with van der Waals surface area (Å²) in [5.41, 5.74) is 3.76. The van der Waals surface area contributed by atoms with Crippen LogP contribution in [0.25, 0.3) is 0 Å². The first kappa shape index (κ1) is 25.4. The van der Waals surface area contributed by atoms with Gasteiger partial charge >= 0.3 is 0 Å². The van der Waals surface area contributed by atoms with Gasteiger partial charge in [0.15, 0.2) is 23.1 Å². The van der Waals surface area contributed by atoms with Gasteiger partial charge in [-0.1, -0.05) is 34.6 Å². The molecule has 1 aromatic rings. The Morgan fingerprint density at radius 1 is 1.06 bits per heavy atom. The molecule has 1 aromatic carbocycles. The third-order valence-electron chi connectivity index (χ3n) is 7.24. The Bertz CT molecular complexity index is 1150. The van der Waals surface area contributed by atoms with Crippen LogP contribution in [-0.4, -0.2) is 35.2 Å². The second kappa shape index (κ2) is 9.05. The SMILES string of the molecule is CCCN1C2=C(C(=O)CC(C)(C)C2)C(c2cc(OC)c(O)c(SC#N)c2)C2=C1CC(C)(C)CC2=O. The lowest BCUT2D eigenvalue weighted by Crippen LogP contribution is -2.44. The summed E-state index contributed by atoms with van der Waals surface area (Å²) in [6.45, 7) is 11.4. The van der Waals surface area contributed by atoms with Crippen molar-refractivity contribution in [2.45, 2.75) is 77.5 Å². The summed E-state index contributed by atoms with van der Waals surface area (Å²) in [5.74, 6) is -0.288. The fourth-order valence-corrected chi connectivity index (χ4v) is 6.42. The van der Waals surface area contributed by atoms with Crippen molar-refractivity contribution < 1.29 is 19.4 Å². The number of phenols is 1. The van der Waals surface area contributed by atoms with E-state index in [1.54, 1.807) is 12.1 Å². The quantitative estimate of drug-likeness (QED) is 0.392. The van der Waals surface area contributed by atoms with E-state index in [1.165, 1.54) is 7.11 Å². The molecule has 1 aliphatic heterocycles. The average molecular weight is 495 g/mol. The van der Waals surface area contributed by atoms with Crippen LogP contribution in [0.3, 0.4) is 0 Å². The lowest BCUT2D eigenvalue weighted by Gasteiger charge is -2.49. The molecule has 0 spiro atoms. The number of rotatable bonds is 5. The predicted molar refractivity (Wildman–Crippen MR) is 136 cm³/mol. The van der Waals surface area contributed by atoms with Crippen molar-refractivity contribution in [3.63, 3.8) is 0 Å². The molecular formula is C28H34N2O4S. The Morgan fingerprint density at radius 3 is 2.06 bits per heavy atom. The highest BCUT2D eigenvalue weighted by Crippen LogP contribution is 2.55. The summed E-state index contributed by atoms with van der Waals surface area (Å²) in [6.07, 6.45) is 3.24. The number of ether oxygens (including phenoxy) is 1. The lowest BCUT2D eigenvalue weighted by molar-refractivity contribution is -0.119. The van der Waals surface area contributed by atoms with Crippen LogP contribution in [-0.2, 0) is 9.59 Å². The van der Waals surface area contributed by atoms with Crippen LogP contribution in [0.4, 0.5) is 0 Å². The van der Waals surface area contributed by atoms with Crippen LogP contribution in [0.15, 0.2) is 39.6 Å². The second-order valence-electron chi connectivity index (χ2n) is 11.5. The number of ketones is 2. The molecule has 1 heterocycles. The number of allylic oxidation sites excluding steroid dienone is 4. The minimum absolute atomic E-state index is 0.0630. The first-order valence-corrected chi connectivity index (χ1v) is 13.0. The predicted octanol–water partition coefficient (Wildman–Crippen LogP) is 6.07. The molecule has 0 radical (unpaired) electrons. The van der Waals surface area contributed by atoms with Crippen LogP contribution >= 0.6 is 11.8 Å². The largest absolute Gasteiger partial charge is 0.503 e. The number of Topliss-reactive ketones (excluding diaryl/α,β-unsaturated/α-hetero) is 2. The molecule has 7 heteroatoms. The first-order chi connectivity index (χ1) is 16.4. The van der Waals surface area contributed by atoms with E-state index in [0.717, 1.165) is 49.0 Å². The number of hydrogen-bond acceptors (Lipinski definition) is 7. The number of nitriles is 1. The molecule has 0 amide bonds. The summed E-state index contributed by atoms with van der Waals surface area (Å²) in [4.78, 5) is 30.1. The number of carbonyl (C=O) groups is 2. The number of thiocyanates is 1. The van der Waals surface area contributed by atoms with Crippen molar-refractivity contribution in [1.29, 1.82) is 5.26 Å². The molecule has 0 saturated carbocycles. The molecule has 6 nitrogen and oxygen atoms in total. The molecule has 4 rings (SSSR count). The van der Waals surface area contributed by atoms with Crippen LogP contribution in [0.5, 0.6) is 11.5 Å². The van der Waals surface area contributed by atoms with Crippen LogP contribution in [0, 0.1) is 21.5 Å². The van der Waals surface area contributed by atoms with E-state index >= 15 is 0 Å². The van der Waals surface area contributed by atoms with Gasteiger partial charge in [-0.25, -0.2) is 0 Å². The standard InChI is InChI=1S/C28H34N2O4S/c1-7-8-30-17-11-27(2,3)13-19(31)24(17)23(25-18(30)12-28(4,5)14-20(25)32)16-9-21(34-6)26(33)22(10-16)35-15-29/h9-10,23,33H,7-8,11-14H2,1-6H3. The summed E-state index contributed by atoms with van der Waals surface area (Å²) in [7, 11) is 1.46. The fraction of sp³-hybridized carbons (Fsp3) is 0.536. The molecule has 2 aliphatic carbocycles. The first-order valence-electron chi connectivity index (χ1n) is 12.2. The maximum absolute atomic E-state index is 13.8. The topological polar surface area (TPSA) is 90.6 Å². The normalized spacial score (nSPS) is 21.6. The zero-order chi connectivity index (χ0) is 25.7.